The van der Waals surface area contributed by atoms with Gasteiger partial charge in [0.05, 0.1) is 23.0 Å². The lowest BCUT2D eigenvalue weighted by atomic mass is 9.74. The molecule has 0 spiro atoms. The van der Waals surface area contributed by atoms with Crippen LogP contribution in [0.2, 0.25) is 5.02 Å². The minimum absolute atomic E-state index is 0.0321. The molecule has 1 atom stereocenters. The van der Waals surface area contributed by atoms with Crippen molar-refractivity contribution in [2.45, 2.75) is 65.5 Å². The first-order valence-electron chi connectivity index (χ1n) is 8.01. The minimum Gasteiger partial charge on any atom is -0.322 e. The van der Waals surface area contributed by atoms with Crippen molar-refractivity contribution < 1.29 is 0 Å². The number of halogens is 1. The Balaban J connectivity index is 2.05. The maximum absolute atomic E-state index is 6.52. The van der Waals surface area contributed by atoms with E-state index < -0.39 is 0 Å². The molecule has 20 heavy (non-hydrogen) atoms. The van der Waals surface area contributed by atoms with Crippen LogP contribution in [0, 0.1) is 17.8 Å². The second-order valence-corrected chi connectivity index (χ2v) is 6.95. The van der Waals surface area contributed by atoms with Crippen molar-refractivity contribution in [1.29, 1.82) is 0 Å². The molecule has 1 aliphatic carbocycles. The molecule has 1 unspecified atom stereocenters. The maximum atomic E-state index is 6.52. The molecule has 3 nitrogen and oxygen atoms in total. The highest BCUT2D eigenvalue weighted by Crippen LogP contribution is 2.39. The van der Waals surface area contributed by atoms with E-state index in [1.54, 1.807) is 6.20 Å². The Labute approximate surface area is 127 Å². The number of rotatable bonds is 5. The number of hydrogen-bond acceptors (Lipinski definition) is 2. The molecule has 1 aliphatic rings. The van der Waals surface area contributed by atoms with Gasteiger partial charge in [0, 0.05) is 6.54 Å². The molecule has 1 heterocycles. The number of hydrogen-bond donors (Lipinski definition) is 1. The molecule has 1 saturated carbocycles. The summed E-state index contributed by atoms with van der Waals surface area (Å²) in [6, 6.07) is 0.0321. The lowest BCUT2D eigenvalue weighted by molar-refractivity contribution is 0.200. The van der Waals surface area contributed by atoms with Gasteiger partial charge >= 0.3 is 0 Å². The van der Waals surface area contributed by atoms with Crippen molar-refractivity contribution in [2.75, 3.05) is 0 Å². The number of aryl methyl sites for hydroxylation is 1. The predicted octanol–water partition coefficient (Wildman–Crippen LogP) is 4.41. The molecule has 4 heteroatoms. The van der Waals surface area contributed by atoms with E-state index in [1.807, 2.05) is 4.68 Å². The smallest absolute Gasteiger partial charge is 0.0834 e. The van der Waals surface area contributed by atoms with Crippen molar-refractivity contribution >= 4 is 11.6 Å². The third-order valence-corrected chi connectivity index (χ3v) is 5.14. The monoisotopic (exact) mass is 297 g/mol. The molecule has 1 fully saturated rings. The van der Waals surface area contributed by atoms with Gasteiger partial charge in [-0.3, -0.25) is 4.68 Å². The standard InChI is InChI=1S/C16H28ClN3/c1-4-9-20-16(14(17)10-19-20)15(18)13-7-5-12(6-8-13)11(2)3/h10-13,15H,4-9,18H2,1-3H3. The molecule has 2 N–H and O–H groups in total. The fourth-order valence-corrected chi connectivity index (χ4v) is 3.75. The first-order valence-corrected chi connectivity index (χ1v) is 8.39. The van der Waals surface area contributed by atoms with E-state index in [1.165, 1.54) is 25.7 Å². The third-order valence-electron chi connectivity index (χ3n) is 4.85. The summed E-state index contributed by atoms with van der Waals surface area (Å²) >= 11 is 6.31. The van der Waals surface area contributed by atoms with Gasteiger partial charge in [0.2, 0.25) is 0 Å². The topological polar surface area (TPSA) is 43.8 Å². The molecule has 0 aromatic carbocycles. The van der Waals surface area contributed by atoms with Gasteiger partial charge in [-0.2, -0.15) is 5.10 Å². The highest BCUT2D eigenvalue weighted by atomic mass is 35.5. The summed E-state index contributed by atoms with van der Waals surface area (Å²) in [7, 11) is 0. The molecule has 0 saturated heterocycles. The summed E-state index contributed by atoms with van der Waals surface area (Å²) in [5.41, 5.74) is 7.57. The SMILES string of the molecule is CCCn1ncc(Cl)c1C(N)C1CCC(C(C)C)CC1. The highest BCUT2D eigenvalue weighted by Gasteiger charge is 2.30. The van der Waals surface area contributed by atoms with Crippen molar-refractivity contribution in [2.24, 2.45) is 23.5 Å². The van der Waals surface area contributed by atoms with Crippen molar-refractivity contribution in [1.82, 2.24) is 9.78 Å². The third kappa shape index (κ3) is 3.37. The summed E-state index contributed by atoms with van der Waals surface area (Å²) in [6.45, 7) is 7.71. The van der Waals surface area contributed by atoms with Gasteiger partial charge in [-0.1, -0.05) is 32.4 Å². The Hall–Kier alpha value is -0.540. The number of nitrogens with two attached hydrogens (primary N) is 1. The molecular weight excluding hydrogens is 270 g/mol. The molecular formula is C16H28ClN3. The van der Waals surface area contributed by atoms with E-state index in [9.17, 15) is 0 Å². The Morgan fingerprint density at radius 2 is 1.90 bits per heavy atom. The summed E-state index contributed by atoms with van der Waals surface area (Å²) in [4.78, 5) is 0. The molecule has 1 aromatic heterocycles. The molecule has 114 valence electrons. The number of aromatic nitrogens is 2. The van der Waals surface area contributed by atoms with E-state index in [0.717, 1.165) is 35.5 Å². The number of nitrogens with zero attached hydrogens (tertiary/aromatic N) is 2. The molecule has 1 aromatic rings. The zero-order valence-corrected chi connectivity index (χ0v) is 13.7. The maximum Gasteiger partial charge on any atom is 0.0834 e. The van der Waals surface area contributed by atoms with Crippen LogP contribution >= 0.6 is 11.6 Å². The van der Waals surface area contributed by atoms with Gasteiger partial charge in [-0.25, -0.2) is 0 Å². The summed E-state index contributed by atoms with van der Waals surface area (Å²) in [6.07, 6.45) is 7.84. The van der Waals surface area contributed by atoms with E-state index in [4.69, 9.17) is 17.3 Å². The van der Waals surface area contributed by atoms with E-state index >= 15 is 0 Å². The van der Waals surface area contributed by atoms with Crippen LogP contribution in [0.1, 0.15) is 64.6 Å². The van der Waals surface area contributed by atoms with Crippen LogP contribution in [0.3, 0.4) is 0 Å². The zero-order chi connectivity index (χ0) is 14.7. The lowest BCUT2D eigenvalue weighted by Crippen LogP contribution is -2.29. The van der Waals surface area contributed by atoms with Crippen LogP contribution in [-0.4, -0.2) is 9.78 Å². The Bertz CT molecular complexity index is 419. The quantitative estimate of drug-likeness (QED) is 0.875. The fraction of sp³-hybridized carbons (Fsp3) is 0.812. The Morgan fingerprint density at radius 3 is 2.45 bits per heavy atom. The highest BCUT2D eigenvalue weighted by molar-refractivity contribution is 6.31. The van der Waals surface area contributed by atoms with Gasteiger partial charge in [-0.15, -0.1) is 0 Å². The van der Waals surface area contributed by atoms with E-state index in [0.29, 0.717) is 5.92 Å². The summed E-state index contributed by atoms with van der Waals surface area (Å²) in [5.74, 6) is 2.21. The second kappa shape index (κ2) is 6.95. The largest absolute Gasteiger partial charge is 0.322 e. The normalized spacial score (nSPS) is 25.1. The van der Waals surface area contributed by atoms with Crippen LogP contribution in [0.15, 0.2) is 6.20 Å². The van der Waals surface area contributed by atoms with Crippen molar-refractivity contribution in [3.05, 3.63) is 16.9 Å². The van der Waals surface area contributed by atoms with Crippen LogP contribution in [0.4, 0.5) is 0 Å². The molecule has 2 rings (SSSR count). The minimum atomic E-state index is 0.0321. The van der Waals surface area contributed by atoms with E-state index in [-0.39, 0.29) is 6.04 Å². The first-order chi connectivity index (χ1) is 9.54. The van der Waals surface area contributed by atoms with E-state index in [2.05, 4.69) is 25.9 Å². The Kier molecular flexibility index (Phi) is 5.50. The van der Waals surface area contributed by atoms with Crippen LogP contribution < -0.4 is 5.73 Å². The summed E-state index contributed by atoms with van der Waals surface area (Å²) in [5, 5.41) is 5.10. The fourth-order valence-electron chi connectivity index (χ4n) is 3.49. The van der Waals surface area contributed by atoms with Gasteiger partial charge < -0.3 is 5.73 Å². The zero-order valence-electron chi connectivity index (χ0n) is 13.0. The van der Waals surface area contributed by atoms with Crippen LogP contribution in [0.5, 0.6) is 0 Å². The Morgan fingerprint density at radius 1 is 1.30 bits per heavy atom. The average Bonchev–Trinajstić information content (AvgIpc) is 2.79. The molecule has 0 amide bonds. The molecule has 0 bridgehead atoms. The molecule has 0 radical (unpaired) electrons. The lowest BCUT2D eigenvalue weighted by Gasteiger charge is -2.34. The second-order valence-electron chi connectivity index (χ2n) is 6.55. The van der Waals surface area contributed by atoms with Crippen LogP contribution in [-0.2, 0) is 6.54 Å². The van der Waals surface area contributed by atoms with Gasteiger partial charge in [0.1, 0.15) is 0 Å². The van der Waals surface area contributed by atoms with Crippen LogP contribution in [0.25, 0.3) is 0 Å². The van der Waals surface area contributed by atoms with Gasteiger partial charge in [0.15, 0.2) is 0 Å². The predicted molar refractivity (Wildman–Crippen MR) is 84.7 cm³/mol. The first kappa shape index (κ1) is 15.8. The summed E-state index contributed by atoms with van der Waals surface area (Å²) < 4.78 is 2.00. The van der Waals surface area contributed by atoms with Crippen molar-refractivity contribution in [3.8, 4) is 0 Å². The molecule has 0 aliphatic heterocycles. The van der Waals surface area contributed by atoms with Gasteiger partial charge in [0.25, 0.3) is 0 Å². The van der Waals surface area contributed by atoms with Gasteiger partial charge in [-0.05, 0) is 49.9 Å². The van der Waals surface area contributed by atoms with Crippen molar-refractivity contribution in [3.63, 3.8) is 0 Å². The average molecular weight is 298 g/mol.